The van der Waals surface area contributed by atoms with E-state index in [-0.39, 0.29) is 17.2 Å². The summed E-state index contributed by atoms with van der Waals surface area (Å²) in [4.78, 5) is 30.0. The van der Waals surface area contributed by atoms with E-state index in [0.717, 1.165) is 42.7 Å². The summed E-state index contributed by atoms with van der Waals surface area (Å²) in [7, 11) is 0. The minimum atomic E-state index is -0.232. The van der Waals surface area contributed by atoms with E-state index in [2.05, 4.69) is 29.4 Å². The Balaban J connectivity index is 1.32. The number of Topliss-reactive ketones (excluding diaryl/α,β-unsaturated/α-hetero) is 1. The van der Waals surface area contributed by atoms with Crippen molar-refractivity contribution < 1.29 is 9.59 Å². The first-order valence-electron chi connectivity index (χ1n) is 11.9. The van der Waals surface area contributed by atoms with Crippen LogP contribution in [0.5, 0.6) is 0 Å². The lowest BCUT2D eigenvalue weighted by Crippen LogP contribution is -2.44. The molecule has 1 aromatic heterocycles. The SMILES string of the molecule is Cc1ccnc(NC(=O)CC[C@@H]2CC(=O)[C@@]3(C)CCC4c5ccc(Cl)cc5CCC4C23)c1. The van der Waals surface area contributed by atoms with Crippen LogP contribution in [0.1, 0.15) is 68.1 Å². The largest absolute Gasteiger partial charge is 0.311 e. The number of aryl methyl sites for hydroxylation is 2. The van der Waals surface area contributed by atoms with Gasteiger partial charge in [0.25, 0.3) is 0 Å². The quantitative estimate of drug-likeness (QED) is 0.610. The highest BCUT2D eigenvalue weighted by molar-refractivity contribution is 6.30. The minimum Gasteiger partial charge on any atom is -0.311 e. The topological polar surface area (TPSA) is 59.1 Å². The molecule has 3 aliphatic rings. The molecule has 0 bridgehead atoms. The molecule has 3 unspecified atom stereocenters. The number of ketones is 1. The number of carbonyl (C=O) groups is 2. The number of rotatable bonds is 4. The van der Waals surface area contributed by atoms with Gasteiger partial charge in [-0.25, -0.2) is 4.98 Å². The number of hydrogen-bond donors (Lipinski definition) is 1. The number of fused-ring (bicyclic) bond motifs is 5. The van der Waals surface area contributed by atoms with E-state index >= 15 is 0 Å². The number of carbonyl (C=O) groups excluding carboxylic acids is 2. The van der Waals surface area contributed by atoms with Gasteiger partial charge in [0.15, 0.2) is 0 Å². The van der Waals surface area contributed by atoms with E-state index in [1.807, 2.05) is 25.1 Å². The lowest BCUT2D eigenvalue weighted by atomic mass is 9.54. The Labute approximate surface area is 195 Å². The van der Waals surface area contributed by atoms with E-state index in [9.17, 15) is 9.59 Å². The first kappa shape index (κ1) is 21.6. The van der Waals surface area contributed by atoms with Crippen molar-refractivity contribution in [2.75, 3.05) is 5.32 Å². The van der Waals surface area contributed by atoms with Crippen LogP contribution in [0.3, 0.4) is 0 Å². The fraction of sp³-hybridized carbons (Fsp3) is 0.519. The van der Waals surface area contributed by atoms with Crippen molar-refractivity contribution in [1.82, 2.24) is 4.98 Å². The molecule has 1 N–H and O–H groups in total. The molecule has 1 amide bonds. The highest BCUT2D eigenvalue weighted by atomic mass is 35.5. The Morgan fingerprint density at radius 1 is 1.25 bits per heavy atom. The van der Waals surface area contributed by atoms with E-state index in [1.54, 1.807) is 6.20 Å². The summed E-state index contributed by atoms with van der Waals surface area (Å²) in [6.07, 6.45) is 7.70. The highest BCUT2D eigenvalue weighted by Gasteiger charge is 2.58. The smallest absolute Gasteiger partial charge is 0.225 e. The van der Waals surface area contributed by atoms with Gasteiger partial charge in [0.05, 0.1) is 0 Å². The van der Waals surface area contributed by atoms with Gasteiger partial charge in [-0.2, -0.15) is 0 Å². The van der Waals surface area contributed by atoms with Gasteiger partial charge >= 0.3 is 0 Å². The van der Waals surface area contributed by atoms with Gasteiger partial charge in [-0.1, -0.05) is 24.6 Å². The Kier molecular flexibility index (Phi) is 5.61. The van der Waals surface area contributed by atoms with Gasteiger partial charge in [0, 0.05) is 29.5 Å². The van der Waals surface area contributed by atoms with Gasteiger partial charge in [-0.3, -0.25) is 9.59 Å². The van der Waals surface area contributed by atoms with Gasteiger partial charge in [0.1, 0.15) is 11.6 Å². The van der Waals surface area contributed by atoms with Crippen LogP contribution in [0.2, 0.25) is 5.02 Å². The van der Waals surface area contributed by atoms with Crippen molar-refractivity contribution >= 4 is 29.1 Å². The number of aromatic nitrogens is 1. The molecule has 0 spiro atoms. The maximum absolute atomic E-state index is 13.2. The summed E-state index contributed by atoms with van der Waals surface area (Å²) in [5.74, 6) is 2.66. The van der Waals surface area contributed by atoms with Crippen LogP contribution in [0.15, 0.2) is 36.5 Å². The molecule has 0 aliphatic heterocycles. The molecular formula is C27H31ClN2O2. The Bertz CT molecular complexity index is 1070. The third-order valence-electron chi connectivity index (χ3n) is 8.46. The van der Waals surface area contributed by atoms with Crippen molar-refractivity contribution in [2.45, 2.75) is 64.7 Å². The predicted octanol–water partition coefficient (Wildman–Crippen LogP) is 6.11. The van der Waals surface area contributed by atoms with Crippen LogP contribution >= 0.6 is 11.6 Å². The van der Waals surface area contributed by atoms with Crippen molar-refractivity contribution in [1.29, 1.82) is 0 Å². The van der Waals surface area contributed by atoms with Crippen molar-refractivity contribution in [2.24, 2.45) is 23.2 Å². The lowest BCUT2D eigenvalue weighted by Gasteiger charge is -2.50. The number of nitrogens with zero attached hydrogens (tertiary/aromatic N) is 1. The molecule has 32 heavy (non-hydrogen) atoms. The summed E-state index contributed by atoms with van der Waals surface area (Å²) in [6, 6.07) is 10.1. The standard InChI is InChI=1S/C27H31ClN2O2/c1-16-10-12-29-24(13-16)30-25(32)8-4-18-15-23(31)27(2)11-9-21-20-7-5-19(28)14-17(20)3-6-22(21)26(18)27/h5,7,10,12-14,18,21-22,26H,3-4,6,8-9,11,15H2,1-2H3,(H,29,30,32)/t18-,21?,22?,26?,27-/m1/s1. The molecule has 1 aromatic carbocycles. The molecule has 3 aliphatic carbocycles. The molecule has 0 radical (unpaired) electrons. The Morgan fingerprint density at radius 3 is 2.91 bits per heavy atom. The number of pyridine rings is 1. The maximum atomic E-state index is 13.2. The van der Waals surface area contributed by atoms with E-state index < -0.39 is 0 Å². The van der Waals surface area contributed by atoms with Crippen LogP contribution < -0.4 is 5.32 Å². The van der Waals surface area contributed by atoms with Crippen molar-refractivity contribution in [3.05, 3.63) is 58.2 Å². The third kappa shape index (κ3) is 3.77. The van der Waals surface area contributed by atoms with Gasteiger partial charge in [-0.15, -0.1) is 0 Å². The first-order chi connectivity index (χ1) is 15.3. The van der Waals surface area contributed by atoms with Crippen LogP contribution in [0.4, 0.5) is 5.82 Å². The fourth-order valence-corrected chi connectivity index (χ4v) is 7.20. The zero-order valence-corrected chi connectivity index (χ0v) is 19.6. The second-order valence-electron chi connectivity index (χ2n) is 10.3. The fourth-order valence-electron chi connectivity index (χ4n) is 7.00. The Hall–Kier alpha value is -2.20. The molecule has 2 saturated carbocycles. The molecule has 5 rings (SSSR count). The van der Waals surface area contributed by atoms with Gasteiger partial charge in [-0.05, 0) is 104 Å². The van der Waals surface area contributed by atoms with E-state index in [0.29, 0.717) is 42.2 Å². The molecule has 2 aromatic rings. The van der Waals surface area contributed by atoms with Crippen LogP contribution in [0.25, 0.3) is 0 Å². The number of amides is 1. The van der Waals surface area contributed by atoms with E-state index in [4.69, 9.17) is 11.6 Å². The molecule has 168 valence electrons. The monoisotopic (exact) mass is 450 g/mol. The predicted molar refractivity (Wildman–Crippen MR) is 127 cm³/mol. The molecule has 5 heteroatoms. The van der Waals surface area contributed by atoms with E-state index in [1.165, 1.54) is 11.1 Å². The average molecular weight is 451 g/mol. The normalized spacial score (nSPS) is 30.9. The number of hydrogen-bond acceptors (Lipinski definition) is 3. The lowest BCUT2D eigenvalue weighted by molar-refractivity contribution is -0.129. The zero-order chi connectivity index (χ0) is 22.5. The van der Waals surface area contributed by atoms with Gasteiger partial charge < -0.3 is 5.32 Å². The molecular weight excluding hydrogens is 420 g/mol. The second kappa shape index (κ2) is 8.30. The second-order valence-corrected chi connectivity index (χ2v) is 10.8. The molecule has 1 heterocycles. The maximum Gasteiger partial charge on any atom is 0.225 e. The van der Waals surface area contributed by atoms with Gasteiger partial charge in [0.2, 0.25) is 5.91 Å². The summed E-state index contributed by atoms with van der Waals surface area (Å²) in [5, 5.41) is 3.74. The zero-order valence-electron chi connectivity index (χ0n) is 18.9. The summed E-state index contributed by atoms with van der Waals surface area (Å²) in [6.45, 7) is 4.18. The Morgan fingerprint density at radius 2 is 2.09 bits per heavy atom. The highest BCUT2D eigenvalue weighted by Crippen LogP contribution is 2.62. The van der Waals surface area contributed by atoms with Crippen molar-refractivity contribution in [3.8, 4) is 0 Å². The summed E-state index contributed by atoms with van der Waals surface area (Å²) in [5.41, 5.74) is 3.66. The number of nitrogens with one attached hydrogen (secondary N) is 1. The number of halogens is 1. The summed E-state index contributed by atoms with van der Waals surface area (Å²) < 4.78 is 0. The minimum absolute atomic E-state index is 0.0138. The molecule has 5 atom stereocenters. The van der Waals surface area contributed by atoms with Crippen molar-refractivity contribution in [3.63, 3.8) is 0 Å². The molecule has 2 fully saturated rings. The van der Waals surface area contributed by atoms with Crippen LogP contribution in [-0.2, 0) is 16.0 Å². The third-order valence-corrected chi connectivity index (χ3v) is 8.69. The van der Waals surface area contributed by atoms with Crippen LogP contribution in [0, 0.1) is 30.1 Å². The molecule has 4 nitrogen and oxygen atoms in total. The first-order valence-corrected chi connectivity index (χ1v) is 12.3. The summed E-state index contributed by atoms with van der Waals surface area (Å²) >= 11 is 6.26. The average Bonchev–Trinajstić information content (AvgIpc) is 3.02. The number of anilines is 1. The van der Waals surface area contributed by atoms with Crippen LogP contribution in [-0.4, -0.2) is 16.7 Å². The molecule has 0 saturated heterocycles. The number of benzene rings is 1.